The summed E-state index contributed by atoms with van der Waals surface area (Å²) in [5.41, 5.74) is 2.83. The summed E-state index contributed by atoms with van der Waals surface area (Å²) in [6, 6.07) is 9.35. The minimum Gasteiger partial charge on any atom is -0.450 e. The number of rotatable bonds is 5. The van der Waals surface area contributed by atoms with Gasteiger partial charge in [-0.25, -0.2) is 14.8 Å². The molecule has 0 bridgehead atoms. The molecule has 1 amide bonds. The number of hydrogen-bond acceptors (Lipinski definition) is 7. The van der Waals surface area contributed by atoms with Crippen molar-refractivity contribution in [2.24, 2.45) is 0 Å². The van der Waals surface area contributed by atoms with Crippen molar-refractivity contribution in [3.8, 4) is 28.1 Å². The van der Waals surface area contributed by atoms with E-state index in [9.17, 15) is 18.0 Å². The fraction of sp³-hybridized carbons (Fsp3) is 0.333. The molecule has 1 aromatic carbocycles. The molecule has 8 nitrogen and oxygen atoms in total. The van der Waals surface area contributed by atoms with Crippen molar-refractivity contribution in [1.29, 1.82) is 0 Å². The van der Waals surface area contributed by atoms with Gasteiger partial charge in [-0.15, -0.1) is 13.2 Å². The molecule has 0 spiro atoms. The minimum absolute atomic E-state index is 0.288. The molecule has 0 radical (unpaired) electrons. The Kier molecular flexibility index (Phi) is 7.04. The van der Waals surface area contributed by atoms with Crippen molar-refractivity contribution in [2.45, 2.75) is 20.2 Å². The van der Waals surface area contributed by atoms with Gasteiger partial charge >= 0.3 is 12.5 Å². The van der Waals surface area contributed by atoms with Crippen LogP contribution in [0.2, 0.25) is 0 Å². The third-order valence-corrected chi connectivity index (χ3v) is 5.41. The molecular weight excluding hydrogens is 463 g/mol. The number of anilines is 1. The van der Waals surface area contributed by atoms with Crippen LogP contribution in [-0.2, 0) is 4.74 Å². The molecule has 0 unspecified atom stereocenters. The Labute approximate surface area is 200 Å². The van der Waals surface area contributed by atoms with Gasteiger partial charge in [0, 0.05) is 55.8 Å². The summed E-state index contributed by atoms with van der Waals surface area (Å²) < 4.78 is 46.3. The van der Waals surface area contributed by atoms with E-state index >= 15 is 0 Å². The van der Waals surface area contributed by atoms with Gasteiger partial charge in [0.05, 0.1) is 12.3 Å². The Morgan fingerprint density at radius 1 is 0.971 bits per heavy atom. The van der Waals surface area contributed by atoms with E-state index < -0.39 is 6.36 Å². The smallest absolute Gasteiger partial charge is 0.450 e. The molecule has 3 aromatic rings. The van der Waals surface area contributed by atoms with Crippen LogP contribution in [0, 0.1) is 6.92 Å². The van der Waals surface area contributed by atoms with E-state index in [1.165, 1.54) is 12.1 Å². The second-order valence-corrected chi connectivity index (χ2v) is 7.87. The largest absolute Gasteiger partial charge is 0.573 e. The normalized spacial score (nSPS) is 14.1. The molecule has 2 aromatic heterocycles. The second-order valence-electron chi connectivity index (χ2n) is 7.87. The molecule has 3 heterocycles. The summed E-state index contributed by atoms with van der Waals surface area (Å²) >= 11 is 0. The highest BCUT2D eigenvalue weighted by Gasteiger charge is 2.31. The van der Waals surface area contributed by atoms with Gasteiger partial charge in [-0.2, -0.15) is 0 Å². The summed E-state index contributed by atoms with van der Waals surface area (Å²) in [5.74, 6) is 1.05. The summed E-state index contributed by atoms with van der Waals surface area (Å²) in [6.07, 6.45) is -1.74. The summed E-state index contributed by atoms with van der Waals surface area (Å²) in [4.78, 5) is 29.1. The van der Waals surface area contributed by atoms with Gasteiger partial charge in [0.15, 0.2) is 0 Å². The van der Waals surface area contributed by atoms with E-state index in [2.05, 4.69) is 24.6 Å². The number of benzene rings is 1. The predicted octanol–water partition coefficient (Wildman–Crippen LogP) is 4.69. The quantitative estimate of drug-likeness (QED) is 0.517. The fourth-order valence-corrected chi connectivity index (χ4v) is 3.78. The molecule has 0 aliphatic carbocycles. The van der Waals surface area contributed by atoms with Crippen LogP contribution in [0.15, 0.2) is 48.8 Å². The lowest BCUT2D eigenvalue weighted by Gasteiger charge is -2.34. The van der Waals surface area contributed by atoms with Gasteiger partial charge < -0.3 is 19.3 Å². The Morgan fingerprint density at radius 3 is 2.31 bits per heavy atom. The molecule has 0 N–H and O–H groups in total. The van der Waals surface area contributed by atoms with Gasteiger partial charge in [-0.1, -0.05) is 12.1 Å². The van der Waals surface area contributed by atoms with Crippen LogP contribution in [0.1, 0.15) is 12.7 Å². The van der Waals surface area contributed by atoms with E-state index in [0.29, 0.717) is 49.9 Å². The molecule has 0 atom stereocenters. The fourth-order valence-electron chi connectivity index (χ4n) is 3.78. The Balaban J connectivity index is 1.52. The van der Waals surface area contributed by atoms with Gasteiger partial charge in [0.2, 0.25) is 0 Å². The molecular formula is C24H24F3N5O3. The number of pyridine rings is 1. The number of alkyl halides is 3. The Hall–Kier alpha value is -3.89. The predicted molar refractivity (Wildman–Crippen MR) is 123 cm³/mol. The number of ether oxygens (including phenoxy) is 2. The third-order valence-electron chi connectivity index (χ3n) is 5.41. The number of nitrogens with zero attached hydrogens (tertiary/aromatic N) is 5. The van der Waals surface area contributed by atoms with E-state index in [1.54, 1.807) is 43.3 Å². The first-order chi connectivity index (χ1) is 16.7. The maximum atomic E-state index is 12.4. The number of carbonyl (C=O) groups excluding carboxylic acids is 1. The lowest BCUT2D eigenvalue weighted by atomic mass is 10.0. The van der Waals surface area contributed by atoms with E-state index in [-0.39, 0.29) is 11.8 Å². The zero-order valence-corrected chi connectivity index (χ0v) is 19.2. The van der Waals surface area contributed by atoms with E-state index in [4.69, 9.17) is 4.74 Å². The average Bonchev–Trinajstić information content (AvgIpc) is 2.83. The number of aryl methyl sites for hydroxylation is 1. The summed E-state index contributed by atoms with van der Waals surface area (Å²) in [5, 5.41) is 0. The molecule has 35 heavy (non-hydrogen) atoms. The molecule has 11 heteroatoms. The third kappa shape index (κ3) is 6.17. The van der Waals surface area contributed by atoms with Gasteiger partial charge in [0.1, 0.15) is 17.4 Å². The zero-order chi connectivity index (χ0) is 25.0. The van der Waals surface area contributed by atoms with Crippen LogP contribution in [0.3, 0.4) is 0 Å². The Bertz CT molecular complexity index is 1180. The van der Waals surface area contributed by atoms with Crippen LogP contribution in [0.5, 0.6) is 5.75 Å². The zero-order valence-electron chi connectivity index (χ0n) is 19.2. The molecule has 1 aliphatic heterocycles. The van der Waals surface area contributed by atoms with Gasteiger partial charge in [0.25, 0.3) is 0 Å². The van der Waals surface area contributed by atoms with E-state index in [1.807, 2.05) is 12.1 Å². The van der Waals surface area contributed by atoms with Crippen molar-refractivity contribution < 1.29 is 27.4 Å². The van der Waals surface area contributed by atoms with Crippen LogP contribution in [-0.4, -0.2) is 65.1 Å². The van der Waals surface area contributed by atoms with Crippen molar-refractivity contribution in [2.75, 3.05) is 37.7 Å². The number of aromatic nitrogens is 3. The lowest BCUT2D eigenvalue weighted by Crippen LogP contribution is -2.49. The lowest BCUT2D eigenvalue weighted by molar-refractivity contribution is -0.274. The van der Waals surface area contributed by atoms with Crippen LogP contribution in [0.25, 0.3) is 22.4 Å². The maximum Gasteiger partial charge on any atom is 0.573 e. The number of carbonyl (C=O) groups is 1. The van der Waals surface area contributed by atoms with Gasteiger partial charge in [-0.3, -0.25) is 4.98 Å². The Morgan fingerprint density at radius 2 is 1.66 bits per heavy atom. The van der Waals surface area contributed by atoms with Crippen molar-refractivity contribution >= 4 is 11.9 Å². The van der Waals surface area contributed by atoms with Crippen LogP contribution < -0.4 is 9.64 Å². The van der Waals surface area contributed by atoms with Crippen LogP contribution >= 0.6 is 0 Å². The maximum absolute atomic E-state index is 12.4. The number of hydrogen-bond donors (Lipinski definition) is 0. The van der Waals surface area contributed by atoms with Gasteiger partial charge in [-0.05, 0) is 37.6 Å². The topological polar surface area (TPSA) is 80.7 Å². The molecule has 4 rings (SSSR count). The first-order valence-electron chi connectivity index (χ1n) is 11.1. The van der Waals surface area contributed by atoms with Crippen molar-refractivity contribution in [3.63, 3.8) is 0 Å². The van der Waals surface area contributed by atoms with Crippen molar-refractivity contribution in [1.82, 2.24) is 19.9 Å². The number of halogens is 3. The molecule has 0 saturated carbocycles. The molecule has 1 aliphatic rings. The average molecular weight is 487 g/mol. The molecule has 184 valence electrons. The molecule has 1 fully saturated rings. The SMILES string of the molecule is CCOC(=O)N1CCN(c2cc(-c3cncc(-c4ccc(OC(F)(F)F)cc4)c3)nc(C)n2)CC1. The highest BCUT2D eigenvalue weighted by molar-refractivity contribution is 5.72. The second kappa shape index (κ2) is 10.2. The first-order valence-corrected chi connectivity index (χ1v) is 11.1. The van der Waals surface area contributed by atoms with E-state index in [0.717, 1.165) is 16.9 Å². The van der Waals surface area contributed by atoms with Crippen molar-refractivity contribution in [3.05, 3.63) is 54.6 Å². The highest BCUT2D eigenvalue weighted by atomic mass is 19.4. The van der Waals surface area contributed by atoms with Crippen LogP contribution in [0.4, 0.5) is 23.8 Å². The summed E-state index contributed by atoms with van der Waals surface area (Å²) in [7, 11) is 0. The number of piperazine rings is 1. The first kappa shape index (κ1) is 24.2. The highest BCUT2D eigenvalue weighted by Crippen LogP contribution is 2.29. The number of amides is 1. The minimum atomic E-state index is -4.74. The summed E-state index contributed by atoms with van der Waals surface area (Å²) in [6.45, 7) is 6.20. The standard InChI is InChI=1S/C24H24F3N5O3/c1-3-34-23(33)32-10-8-31(9-11-32)22-13-21(29-16(2)30-22)19-12-18(14-28-15-19)17-4-6-20(7-5-17)35-24(25,26)27/h4-7,12-15H,3,8-11H2,1-2H3. The monoisotopic (exact) mass is 487 g/mol. The molecule has 1 saturated heterocycles.